The summed E-state index contributed by atoms with van der Waals surface area (Å²) < 4.78 is 5.89. The van der Waals surface area contributed by atoms with Crippen LogP contribution in [0.2, 0.25) is 0 Å². The van der Waals surface area contributed by atoms with Gasteiger partial charge in [0.2, 0.25) is 0 Å². The molecule has 0 fully saturated rings. The zero-order chi connectivity index (χ0) is 20.8. The number of ether oxygens (including phenoxy) is 1. The van der Waals surface area contributed by atoms with Crippen molar-refractivity contribution in [2.45, 2.75) is 16.3 Å². The average molecular weight is 519 g/mol. The van der Waals surface area contributed by atoms with Crippen LogP contribution in [-0.2, 0) is 6.61 Å². The predicted molar refractivity (Wildman–Crippen MR) is 119 cm³/mol. The molecule has 7 heteroatoms. The normalized spacial score (nSPS) is 12.8. The van der Waals surface area contributed by atoms with Crippen molar-refractivity contribution >= 4 is 43.3 Å². The maximum atomic E-state index is 13.1. The summed E-state index contributed by atoms with van der Waals surface area (Å²) >= 11 is 7.01. The predicted octanol–water partition coefficient (Wildman–Crippen LogP) is 6.26. The van der Waals surface area contributed by atoms with Crippen LogP contribution < -0.4 is 4.74 Å². The summed E-state index contributed by atoms with van der Waals surface area (Å²) in [5, 5.41) is 10.8. The second-order valence-corrected chi connectivity index (χ2v) is 8.26. The molecule has 0 spiro atoms. The average Bonchev–Trinajstić information content (AvgIpc) is 2.77. The van der Waals surface area contributed by atoms with E-state index in [0.717, 1.165) is 11.1 Å². The summed E-state index contributed by atoms with van der Waals surface area (Å²) in [5.41, 5.74) is 2.24. The van der Waals surface area contributed by atoms with Crippen LogP contribution in [0.1, 0.15) is 26.3 Å². The molecular formula is C22H17Br2NO4. The quantitative estimate of drug-likeness (QED) is 0.153. The Labute approximate surface area is 185 Å². The molecule has 2 atom stereocenters. The zero-order valence-electron chi connectivity index (χ0n) is 15.2. The fourth-order valence-electron chi connectivity index (χ4n) is 2.76. The van der Waals surface area contributed by atoms with Crippen LogP contribution in [0.15, 0.2) is 78.9 Å². The van der Waals surface area contributed by atoms with Gasteiger partial charge in [-0.05, 0) is 23.3 Å². The Morgan fingerprint density at radius 2 is 1.55 bits per heavy atom. The zero-order valence-corrected chi connectivity index (χ0v) is 18.4. The second kappa shape index (κ2) is 9.80. The SMILES string of the molecule is O=C(c1ccccc1OCc1ccccc1)[C@@H](Br)[C@@H](Br)c1ccc([N+](=O)[O-])cc1. The van der Waals surface area contributed by atoms with Gasteiger partial charge >= 0.3 is 0 Å². The van der Waals surface area contributed by atoms with E-state index in [2.05, 4.69) is 31.9 Å². The van der Waals surface area contributed by atoms with Gasteiger partial charge in [-0.3, -0.25) is 14.9 Å². The van der Waals surface area contributed by atoms with Crippen LogP contribution in [0.25, 0.3) is 0 Å². The van der Waals surface area contributed by atoms with Crippen LogP contribution in [0.5, 0.6) is 5.75 Å². The first kappa shape index (κ1) is 21.2. The van der Waals surface area contributed by atoms with Crippen LogP contribution in [0.3, 0.4) is 0 Å². The lowest BCUT2D eigenvalue weighted by Crippen LogP contribution is -2.20. The van der Waals surface area contributed by atoms with E-state index in [1.165, 1.54) is 12.1 Å². The molecule has 0 N–H and O–H groups in total. The fourth-order valence-corrected chi connectivity index (χ4v) is 3.86. The number of hydrogen-bond acceptors (Lipinski definition) is 4. The molecule has 5 nitrogen and oxygen atoms in total. The van der Waals surface area contributed by atoms with Crippen LogP contribution in [0, 0.1) is 10.1 Å². The largest absolute Gasteiger partial charge is 0.488 e. The molecule has 0 saturated carbocycles. The molecule has 0 aliphatic rings. The second-order valence-electron chi connectivity index (χ2n) is 6.29. The number of rotatable bonds is 8. The third-order valence-electron chi connectivity index (χ3n) is 4.32. The van der Waals surface area contributed by atoms with Gasteiger partial charge in [0, 0.05) is 12.1 Å². The summed E-state index contributed by atoms with van der Waals surface area (Å²) in [4.78, 5) is 22.5. The molecule has 3 rings (SSSR count). The number of nitrogens with zero attached hydrogens (tertiary/aromatic N) is 1. The highest BCUT2D eigenvalue weighted by molar-refractivity contribution is 9.12. The van der Waals surface area contributed by atoms with Crippen molar-refractivity contribution in [2.24, 2.45) is 0 Å². The number of Topliss-reactive ketones (excluding diaryl/α,β-unsaturated/α-hetero) is 1. The molecule has 0 aromatic heterocycles. The number of hydrogen-bond donors (Lipinski definition) is 0. The van der Waals surface area contributed by atoms with E-state index in [0.29, 0.717) is 17.9 Å². The molecule has 0 aliphatic carbocycles. The van der Waals surface area contributed by atoms with Crippen molar-refractivity contribution in [3.63, 3.8) is 0 Å². The third kappa shape index (κ3) is 5.31. The fraction of sp³-hybridized carbons (Fsp3) is 0.136. The molecule has 0 aliphatic heterocycles. The third-order valence-corrected chi connectivity index (χ3v) is 7.03. The minimum Gasteiger partial charge on any atom is -0.488 e. The summed E-state index contributed by atoms with van der Waals surface area (Å²) in [5.74, 6) is 0.364. The van der Waals surface area contributed by atoms with E-state index < -0.39 is 9.75 Å². The number of para-hydroxylation sites is 1. The highest BCUT2D eigenvalue weighted by Crippen LogP contribution is 2.35. The molecule has 29 heavy (non-hydrogen) atoms. The molecule has 3 aromatic rings. The number of carbonyl (C=O) groups is 1. The minimum atomic E-state index is -0.578. The van der Waals surface area contributed by atoms with Gasteiger partial charge < -0.3 is 4.74 Å². The first-order valence-electron chi connectivity index (χ1n) is 8.80. The number of alkyl halides is 2. The Bertz CT molecular complexity index is 993. The maximum absolute atomic E-state index is 13.1. The number of halogens is 2. The van der Waals surface area contributed by atoms with Crippen LogP contribution in [0.4, 0.5) is 5.69 Å². The monoisotopic (exact) mass is 517 g/mol. The summed E-state index contributed by atoms with van der Waals surface area (Å²) in [6.07, 6.45) is 0. The lowest BCUT2D eigenvalue weighted by atomic mass is 10.0. The first-order chi connectivity index (χ1) is 14.0. The first-order valence-corrected chi connectivity index (χ1v) is 10.6. The highest BCUT2D eigenvalue weighted by Gasteiger charge is 2.28. The van der Waals surface area contributed by atoms with Gasteiger partial charge in [-0.2, -0.15) is 0 Å². The Kier molecular flexibility index (Phi) is 7.17. The Balaban J connectivity index is 1.76. The van der Waals surface area contributed by atoms with Gasteiger partial charge in [-0.1, -0.05) is 86.5 Å². The summed E-state index contributed by atoms with van der Waals surface area (Å²) in [6.45, 7) is 0.359. The lowest BCUT2D eigenvalue weighted by molar-refractivity contribution is -0.384. The summed E-state index contributed by atoms with van der Waals surface area (Å²) in [6, 6.07) is 22.9. The van der Waals surface area contributed by atoms with E-state index in [4.69, 9.17) is 4.74 Å². The molecule has 0 heterocycles. The summed E-state index contributed by atoms with van der Waals surface area (Å²) in [7, 11) is 0. The minimum absolute atomic E-state index is 0.00514. The van der Waals surface area contributed by atoms with Crippen molar-refractivity contribution in [1.82, 2.24) is 0 Å². The Morgan fingerprint density at radius 1 is 0.931 bits per heavy atom. The molecule has 148 valence electrons. The number of ketones is 1. The number of nitro groups is 1. The Hall–Kier alpha value is -2.51. The van der Waals surface area contributed by atoms with Gasteiger partial charge in [0.15, 0.2) is 5.78 Å². The highest BCUT2D eigenvalue weighted by atomic mass is 79.9. The Morgan fingerprint density at radius 3 is 2.21 bits per heavy atom. The van der Waals surface area contributed by atoms with E-state index in [1.54, 1.807) is 30.3 Å². The van der Waals surface area contributed by atoms with Crippen LogP contribution in [-0.4, -0.2) is 15.5 Å². The van der Waals surface area contributed by atoms with Crippen molar-refractivity contribution in [2.75, 3.05) is 0 Å². The van der Waals surface area contributed by atoms with Gasteiger partial charge in [0.1, 0.15) is 12.4 Å². The van der Waals surface area contributed by atoms with Gasteiger partial charge in [0.05, 0.1) is 20.1 Å². The van der Waals surface area contributed by atoms with Crippen molar-refractivity contribution in [1.29, 1.82) is 0 Å². The molecule has 0 bridgehead atoms. The lowest BCUT2D eigenvalue weighted by Gasteiger charge is -2.18. The maximum Gasteiger partial charge on any atom is 0.269 e. The van der Waals surface area contributed by atoms with Crippen molar-refractivity contribution < 1.29 is 14.5 Å². The van der Waals surface area contributed by atoms with Gasteiger partial charge in [-0.15, -0.1) is 0 Å². The molecule has 0 saturated heterocycles. The van der Waals surface area contributed by atoms with Crippen molar-refractivity contribution in [3.05, 3.63) is 106 Å². The molecular weight excluding hydrogens is 502 g/mol. The number of carbonyl (C=O) groups excluding carboxylic acids is 1. The van der Waals surface area contributed by atoms with E-state index in [9.17, 15) is 14.9 Å². The molecule has 0 unspecified atom stereocenters. The van der Waals surface area contributed by atoms with E-state index >= 15 is 0 Å². The van der Waals surface area contributed by atoms with Gasteiger partial charge in [0.25, 0.3) is 5.69 Å². The van der Waals surface area contributed by atoms with E-state index in [1.807, 2.05) is 36.4 Å². The van der Waals surface area contributed by atoms with Crippen molar-refractivity contribution in [3.8, 4) is 5.75 Å². The standard InChI is InChI=1S/C22H17Br2NO4/c23-20(16-10-12-17(13-11-16)25(27)28)21(24)22(26)18-8-4-5-9-19(18)29-14-15-6-2-1-3-7-15/h1-13,20-21H,14H2/t20-,21-/m0/s1. The smallest absolute Gasteiger partial charge is 0.269 e. The molecule has 0 radical (unpaired) electrons. The molecule has 3 aromatic carbocycles. The van der Waals surface area contributed by atoms with Crippen LogP contribution >= 0.6 is 31.9 Å². The molecule has 0 amide bonds. The number of benzene rings is 3. The number of nitro benzene ring substituents is 1. The topological polar surface area (TPSA) is 69.4 Å². The van der Waals surface area contributed by atoms with E-state index in [-0.39, 0.29) is 16.3 Å². The number of non-ortho nitro benzene ring substituents is 1. The van der Waals surface area contributed by atoms with Gasteiger partial charge in [-0.25, -0.2) is 0 Å².